The standard InChI is InChI=1S/C14H16ClF3N2/c15-12-7-9(14(16,17)18)1-4-13(12)20-6-5-11(8-20)19-10-2-3-10/h1,4,7,10-11,19H,2-3,5-6,8H2. The first-order chi connectivity index (χ1) is 9.43. The summed E-state index contributed by atoms with van der Waals surface area (Å²) >= 11 is 6.02. The van der Waals surface area contributed by atoms with Crippen molar-refractivity contribution in [3.63, 3.8) is 0 Å². The number of hydrogen-bond acceptors (Lipinski definition) is 2. The maximum Gasteiger partial charge on any atom is 0.416 e. The number of anilines is 1. The molecule has 6 heteroatoms. The normalized spacial score (nSPS) is 23.4. The highest BCUT2D eigenvalue weighted by Gasteiger charge is 2.33. The molecule has 1 atom stereocenters. The SMILES string of the molecule is FC(F)(F)c1ccc(N2CCC(NC3CC3)C2)c(Cl)c1. The second-order valence-electron chi connectivity index (χ2n) is 5.54. The molecule has 1 N–H and O–H groups in total. The summed E-state index contributed by atoms with van der Waals surface area (Å²) < 4.78 is 37.8. The van der Waals surface area contributed by atoms with Crippen LogP contribution >= 0.6 is 11.6 Å². The fourth-order valence-corrected chi connectivity index (χ4v) is 2.94. The van der Waals surface area contributed by atoms with E-state index in [0.29, 0.717) is 17.8 Å². The van der Waals surface area contributed by atoms with E-state index in [0.717, 1.165) is 31.6 Å². The van der Waals surface area contributed by atoms with Gasteiger partial charge in [0.2, 0.25) is 0 Å². The van der Waals surface area contributed by atoms with Gasteiger partial charge in [-0.3, -0.25) is 0 Å². The molecule has 0 amide bonds. The molecule has 2 fully saturated rings. The van der Waals surface area contributed by atoms with Gasteiger partial charge in [-0.25, -0.2) is 0 Å². The first-order valence-electron chi connectivity index (χ1n) is 6.81. The van der Waals surface area contributed by atoms with Crippen LogP contribution in [0.15, 0.2) is 18.2 Å². The van der Waals surface area contributed by atoms with Gasteiger partial charge in [-0.2, -0.15) is 13.2 Å². The number of benzene rings is 1. The van der Waals surface area contributed by atoms with Crippen molar-refractivity contribution in [3.8, 4) is 0 Å². The van der Waals surface area contributed by atoms with Crippen LogP contribution in [0.4, 0.5) is 18.9 Å². The van der Waals surface area contributed by atoms with Crippen molar-refractivity contribution < 1.29 is 13.2 Å². The summed E-state index contributed by atoms with van der Waals surface area (Å²) in [4.78, 5) is 2.06. The van der Waals surface area contributed by atoms with Crippen molar-refractivity contribution >= 4 is 17.3 Å². The highest BCUT2D eigenvalue weighted by Crippen LogP contribution is 2.36. The fraction of sp³-hybridized carbons (Fsp3) is 0.571. The van der Waals surface area contributed by atoms with Crippen LogP contribution in [0, 0.1) is 0 Å². The van der Waals surface area contributed by atoms with Gasteiger partial charge in [-0.1, -0.05) is 11.6 Å². The zero-order valence-corrected chi connectivity index (χ0v) is 11.6. The lowest BCUT2D eigenvalue weighted by Gasteiger charge is -2.21. The molecule has 1 aliphatic carbocycles. The lowest BCUT2D eigenvalue weighted by Crippen LogP contribution is -2.34. The molecule has 3 rings (SSSR count). The smallest absolute Gasteiger partial charge is 0.369 e. The molecular formula is C14H16ClF3N2. The Kier molecular flexibility index (Phi) is 3.58. The second kappa shape index (κ2) is 5.11. The first kappa shape index (κ1) is 14.0. The number of halogens is 4. The third kappa shape index (κ3) is 3.04. The minimum atomic E-state index is -4.34. The van der Waals surface area contributed by atoms with Gasteiger partial charge in [0.15, 0.2) is 0 Å². The van der Waals surface area contributed by atoms with Crippen LogP contribution in [0.5, 0.6) is 0 Å². The first-order valence-corrected chi connectivity index (χ1v) is 7.19. The number of alkyl halides is 3. The van der Waals surface area contributed by atoms with Gasteiger partial charge in [0.05, 0.1) is 16.3 Å². The van der Waals surface area contributed by atoms with E-state index in [1.54, 1.807) is 0 Å². The van der Waals surface area contributed by atoms with Crippen LogP contribution < -0.4 is 10.2 Å². The summed E-state index contributed by atoms with van der Waals surface area (Å²) in [7, 11) is 0. The number of nitrogens with zero attached hydrogens (tertiary/aromatic N) is 1. The molecule has 1 saturated carbocycles. The van der Waals surface area contributed by atoms with Crippen molar-refractivity contribution in [1.29, 1.82) is 0 Å². The second-order valence-corrected chi connectivity index (χ2v) is 5.94. The molecule has 2 nitrogen and oxygen atoms in total. The molecule has 0 radical (unpaired) electrons. The van der Waals surface area contributed by atoms with Gasteiger partial charge in [0, 0.05) is 25.2 Å². The molecule has 0 spiro atoms. The Morgan fingerprint density at radius 2 is 1.90 bits per heavy atom. The van der Waals surface area contributed by atoms with Crippen molar-refractivity contribution in [3.05, 3.63) is 28.8 Å². The molecule has 1 unspecified atom stereocenters. The van der Waals surface area contributed by atoms with Crippen LogP contribution in [0.25, 0.3) is 0 Å². The topological polar surface area (TPSA) is 15.3 Å². The predicted molar refractivity (Wildman–Crippen MR) is 73.2 cm³/mol. The minimum Gasteiger partial charge on any atom is -0.369 e. The van der Waals surface area contributed by atoms with Gasteiger partial charge in [0.25, 0.3) is 0 Å². The number of hydrogen-bond donors (Lipinski definition) is 1. The molecule has 1 aliphatic heterocycles. The van der Waals surface area contributed by atoms with Gasteiger partial charge < -0.3 is 10.2 Å². The summed E-state index contributed by atoms with van der Waals surface area (Å²) in [6.07, 6.45) is -0.869. The largest absolute Gasteiger partial charge is 0.416 e. The molecular weight excluding hydrogens is 289 g/mol. The highest BCUT2D eigenvalue weighted by atomic mass is 35.5. The zero-order valence-electron chi connectivity index (χ0n) is 10.9. The predicted octanol–water partition coefficient (Wildman–Crippen LogP) is 3.69. The van der Waals surface area contributed by atoms with E-state index in [9.17, 15) is 13.2 Å². The number of rotatable bonds is 3. The van der Waals surface area contributed by atoms with Crippen molar-refractivity contribution in [2.75, 3.05) is 18.0 Å². The number of nitrogens with one attached hydrogen (secondary N) is 1. The summed E-state index contributed by atoms with van der Waals surface area (Å²) in [5, 5.41) is 3.72. The molecule has 0 aromatic heterocycles. The van der Waals surface area contributed by atoms with E-state index < -0.39 is 11.7 Å². The molecule has 20 heavy (non-hydrogen) atoms. The fourth-order valence-electron chi connectivity index (χ4n) is 2.64. The van der Waals surface area contributed by atoms with Crippen LogP contribution in [-0.2, 0) is 6.18 Å². The van der Waals surface area contributed by atoms with E-state index in [2.05, 4.69) is 10.2 Å². The third-order valence-electron chi connectivity index (χ3n) is 3.85. The molecule has 2 aliphatic rings. The van der Waals surface area contributed by atoms with Crippen LogP contribution in [-0.4, -0.2) is 25.2 Å². The summed E-state index contributed by atoms with van der Waals surface area (Å²) in [6, 6.07) is 4.65. The third-order valence-corrected chi connectivity index (χ3v) is 4.16. The quantitative estimate of drug-likeness (QED) is 0.916. The maximum atomic E-state index is 12.6. The van der Waals surface area contributed by atoms with Gasteiger partial charge in [-0.05, 0) is 37.5 Å². The Balaban J connectivity index is 1.71. The van der Waals surface area contributed by atoms with Gasteiger partial charge in [-0.15, -0.1) is 0 Å². The van der Waals surface area contributed by atoms with Gasteiger partial charge >= 0.3 is 6.18 Å². The van der Waals surface area contributed by atoms with Gasteiger partial charge in [0.1, 0.15) is 0 Å². The summed E-state index contributed by atoms with van der Waals surface area (Å²) in [6.45, 7) is 1.64. The maximum absolute atomic E-state index is 12.6. The lowest BCUT2D eigenvalue weighted by molar-refractivity contribution is -0.137. The van der Waals surface area contributed by atoms with E-state index in [-0.39, 0.29) is 5.02 Å². The average Bonchev–Trinajstić information content (AvgIpc) is 3.05. The Hall–Kier alpha value is -0.940. The molecule has 1 saturated heterocycles. The lowest BCUT2D eigenvalue weighted by atomic mass is 10.2. The van der Waals surface area contributed by atoms with Crippen LogP contribution in [0.3, 0.4) is 0 Å². The van der Waals surface area contributed by atoms with Crippen molar-refractivity contribution in [2.45, 2.75) is 37.5 Å². The molecule has 1 aromatic rings. The van der Waals surface area contributed by atoms with E-state index >= 15 is 0 Å². The summed E-state index contributed by atoms with van der Waals surface area (Å²) in [5.41, 5.74) is -0.00198. The zero-order chi connectivity index (χ0) is 14.3. The Bertz CT molecular complexity index is 500. The molecule has 110 valence electrons. The van der Waals surface area contributed by atoms with Crippen molar-refractivity contribution in [1.82, 2.24) is 5.32 Å². The molecule has 1 heterocycles. The average molecular weight is 305 g/mol. The Morgan fingerprint density at radius 3 is 2.50 bits per heavy atom. The van der Waals surface area contributed by atoms with E-state index in [1.807, 2.05) is 0 Å². The molecule has 1 aromatic carbocycles. The van der Waals surface area contributed by atoms with Crippen LogP contribution in [0.1, 0.15) is 24.8 Å². The molecule has 0 bridgehead atoms. The Morgan fingerprint density at radius 1 is 1.15 bits per heavy atom. The highest BCUT2D eigenvalue weighted by molar-refractivity contribution is 6.33. The monoisotopic (exact) mass is 304 g/mol. The van der Waals surface area contributed by atoms with E-state index in [1.165, 1.54) is 18.9 Å². The van der Waals surface area contributed by atoms with Crippen LogP contribution in [0.2, 0.25) is 5.02 Å². The Labute approximate surface area is 120 Å². The van der Waals surface area contributed by atoms with Crippen molar-refractivity contribution in [2.24, 2.45) is 0 Å². The summed E-state index contributed by atoms with van der Waals surface area (Å²) in [5.74, 6) is 0. The minimum absolute atomic E-state index is 0.173. The van der Waals surface area contributed by atoms with E-state index in [4.69, 9.17) is 11.6 Å².